The number of nitrogens with zero attached hydrogens (tertiary/aromatic N) is 4. The Morgan fingerprint density at radius 3 is 2.64 bits per heavy atom. The number of hydrogen-bond acceptors (Lipinski definition) is 3. The van der Waals surface area contributed by atoms with Gasteiger partial charge in [0.05, 0.1) is 0 Å². The van der Waals surface area contributed by atoms with Crippen molar-refractivity contribution in [1.29, 1.82) is 0 Å². The topological polar surface area (TPSA) is 43.6 Å². The lowest BCUT2D eigenvalue weighted by Crippen LogP contribution is -2.01. The molecule has 4 heteroatoms. The van der Waals surface area contributed by atoms with Crippen LogP contribution in [0.25, 0.3) is 0 Å². The summed E-state index contributed by atoms with van der Waals surface area (Å²) >= 11 is 0. The van der Waals surface area contributed by atoms with Crippen molar-refractivity contribution in [3.63, 3.8) is 0 Å². The fraction of sp³-hybridized carbons (Fsp3) is 0.857. The van der Waals surface area contributed by atoms with Gasteiger partial charge in [0.15, 0.2) is 5.82 Å². The second-order valence-corrected chi connectivity index (χ2v) is 3.15. The molecule has 0 fully saturated rings. The molecule has 1 heterocycles. The van der Waals surface area contributed by atoms with Crippen LogP contribution in [0, 0.1) is 5.92 Å². The first-order valence-electron chi connectivity index (χ1n) is 3.91. The van der Waals surface area contributed by atoms with Gasteiger partial charge in [-0.2, -0.15) is 0 Å². The highest BCUT2D eigenvalue weighted by Gasteiger charge is 2.02. The Bertz CT molecular complexity index is 216. The number of tetrazole rings is 1. The van der Waals surface area contributed by atoms with Crippen LogP contribution in [0.15, 0.2) is 0 Å². The number of aromatic nitrogens is 4. The summed E-state index contributed by atoms with van der Waals surface area (Å²) in [5.74, 6) is 1.69. The van der Waals surface area contributed by atoms with Crippen LogP contribution >= 0.6 is 0 Å². The lowest BCUT2D eigenvalue weighted by Gasteiger charge is -2.01. The largest absolute Gasteiger partial charge is 0.233 e. The van der Waals surface area contributed by atoms with E-state index in [1.54, 1.807) is 4.68 Å². The highest BCUT2D eigenvalue weighted by molar-refractivity contribution is 4.79. The summed E-state index contributed by atoms with van der Waals surface area (Å²) in [4.78, 5) is 0. The molecule has 0 bridgehead atoms. The molecular formula is C7H14N4. The molecule has 0 saturated carbocycles. The van der Waals surface area contributed by atoms with E-state index in [4.69, 9.17) is 0 Å². The Balaban J connectivity index is 2.44. The Morgan fingerprint density at radius 2 is 2.18 bits per heavy atom. The van der Waals surface area contributed by atoms with Crippen molar-refractivity contribution in [3.05, 3.63) is 5.82 Å². The Kier molecular flexibility index (Phi) is 2.57. The van der Waals surface area contributed by atoms with E-state index < -0.39 is 0 Å². The highest BCUT2D eigenvalue weighted by atomic mass is 15.5. The van der Waals surface area contributed by atoms with Crippen LogP contribution in [0.2, 0.25) is 0 Å². The second-order valence-electron chi connectivity index (χ2n) is 3.15. The fourth-order valence-electron chi connectivity index (χ4n) is 0.878. The van der Waals surface area contributed by atoms with Crippen molar-refractivity contribution in [2.75, 3.05) is 0 Å². The van der Waals surface area contributed by atoms with Crippen molar-refractivity contribution in [2.45, 2.75) is 26.7 Å². The normalized spacial score (nSPS) is 10.9. The first-order chi connectivity index (χ1) is 5.20. The van der Waals surface area contributed by atoms with Crippen LogP contribution in [0.4, 0.5) is 0 Å². The summed E-state index contributed by atoms with van der Waals surface area (Å²) in [5, 5.41) is 11.2. The first-order valence-corrected chi connectivity index (χ1v) is 3.91. The minimum Gasteiger partial charge on any atom is -0.233 e. The smallest absolute Gasteiger partial charge is 0.150 e. The Labute approximate surface area is 66.6 Å². The molecule has 0 aliphatic heterocycles. The van der Waals surface area contributed by atoms with E-state index >= 15 is 0 Å². The Morgan fingerprint density at radius 1 is 1.45 bits per heavy atom. The minimum atomic E-state index is 0.715. The van der Waals surface area contributed by atoms with Crippen LogP contribution in [0.1, 0.15) is 26.1 Å². The summed E-state index contributed by atoms with van der Waals surface area (Å²) in [6, 6.07) is 0. The minimum absolute atomic E-state index is 0.715. The van der Waals surface area contributed by atoms with E-state index in [1.165, 1.54) is 0 Å². The molecule has 11 heavy (non-hydrogen) atoms. The van der Waals surface area contributed by atoms with Crippen molar-refractivity contribution >= 4 is 0 Å². The number of hydrogen-bond donors (Lipinski definition) is 0. The van der Waals surface area contributed by atoms with E-state index in [0.717, 1.165) is 18.7 Å². The predicted octanol–water partition coefficient (Wildman–Crippen LogP) is 0.799. The van der Waals surface area contributed by atoms with Gasteiger partial charge in [0.1, 0.15) is 0 Å². The molecule has 1 aromatic rings. The summed E-state index contributed by atoms with van der Waals surface area (Å²) in [6.45, 7) is 4.40. The summed E-state index contributed by atoms with van der Waals surface area (Å²) in [5.41, 5.74) is 0. The molecule has 1 aromatic heterocycles. The standard InChI is InChI=1S/C7H14N4/c1-6(2)4-5-7-8-9-10-11(7)3/h6H,4-5H2,1-3H3. The second kappa shape index (κ2) is 3.46. The molecule has 4 nitrogen and oxygen atoms in total. The maximum Gasteiger partial charge on any atom is 0.150 e. The third-order valence-electron chi connectivity index (χ3n) is 1.65. The van der Waals surface area contributed by atoms with Crippen molar-refractivity contribution in [1.82, 2.24) is 20.2 Å². The molecule has 0 aliphatic carbocycles. The van der Waals surface area contributed by atoms with Crippen molar-refractivity contribution in [2.24, 2.45) is 13.0 Å². The van der Waals surface area contributed by atoms with Gasteiger partial charge in [0.25, 0.3) is 0 Å². The lowest BCUT2D eigenvalue weighted by molar-refractivity contribution is 0.558. The van der Waals surface area contributed by atoms with E-state index in [2.05, 4.69) is 29.4 Å². The molecule has 0 aromatic carbocycles. The predicted molar refractivity (Wildman–Crippen MR) is 42.0 cm³/mol. The molecule has 0 saturated heterocycles. The lowest BCUT2D eigenvalue weighted by atomic mass is 10.1. The van der Waals surface area contributed by atoms with Crippen LogP contribution < -0.4 is 0 Å². The molecular weight excluding hydrogens is 140 g/mol. The van der Waals surface area contributed by atoms with Gasteiger partial charge in [-0.15, -0.1) is 5.10 Å². The zero-order valence-corrected chi connectivity index (χ0v) is 7.28. The zero-order chi connectivity index (χ0) is 8.27. The molecule has 0 atom stereocenters. The fourth-order valence-corrected chi connectivity index (χ4v) is 0.878. The molecule has 0 spiro atoms. The van der Waals surface area contributed by atoms with E-state index in [-0.39, 0.29) is 0 Å². The van der Waals surface area contributed by atoms with Crippen LogP contribution in [-0.4, -0.2) is 20.2 Å². The van der Waals surface area contributed by atoms with Gasteiger partial charge in [-0.1, -0.05) is 13.8 Å². The summed E-state index contributed by atoms with van der Waals surface area (Å²) in [7, 11) is 1.87. The van der Waals surface area contributed by atoms with Crippen LogP contribution in [0.5, 0.6) is 0 Å². The number of rotatable bonds is 3. The van der Waals surface area contributed by atoms with Gasteiger partial charge in [0, 0.05) is 13.5 Å². The van der Waals surface area contributed by atoms with E-state index in [1.807, 2.05) is 7.05 Å². The van der Waals surface area contributed by atoms with Gasteiger partial charge in [-0.3, -0.25) is 0 Å². The van der Waals surface area contributed by atoms with Gasteiger partial charge in [-0.05, 0) is 22.8 Å². The SMILES string of the molecule is CC(C)CCc1nnnn1C. The molecule has 0 unspecified atom stereocenters. The van der Waals surface area contributed by atoms with Crippen molar-refractivity contribution < 1.29 is 0 Å². The molecule has 1 rings (SSSR count). The first kappa shape index (κ1) is 8.17. The summed E-state index contributed by atoms with van der Waals surface area (Å²) in [6.07, 6.45) is 2.12. The van der Waals surface area contributed by atoms with E-state index in [9.17, 15) is 0 Å². The van der Waals surface area contributed by atoms with Gasteiger partial charge >= 0.3 is 0 Å². The quantitative estimate of drug-likeness (QED) is 0.646. The van der Waals surface area contributed by atoms with Crippen LogP contribution in [-0.2, 0) is 13.5 Å². The third kappa shape index (κ3) is 2.29. The molecule has 62 valence electrons. The molecule has 0 radical (unpaired) electrons. The van der Waals surface area contributed by atoms with Gasteiger partial charge < -0.3 is 0 Å². The third-order valence-corrected chi connectivity index (χ3v) is 1.65. The van der Waals surface area contributed by atoms with Crippen LogP contribution in [0.3, 0.4) is 0 Å². The molecule has 0 N–H and O–H groups in total. The Hall–Kier alpha value is -0.930. The van der Waals surface area contributed by atoms with Gasteiger partial charge in [-0.25, -0.2) is 4.68 Å². The number of aryl methyl sites for hydroxylation is 2. The monoisotopic (exact) mass is 154 g/mol. The molecule has 0 aliphatic rings. The van der Waals surface area contributed by atoms with Crippen molar-refractivity contribution in [3.8, 4) is 0 Å². The average molecular weight is 154 g/mol. The highest BCUT2D eigenvalue weighted by Crippen LogP contribution is 2.04. The summed E-state index contributed by atoms with van der Waals surface area (Å²) < 4.78 is 1.72. The maximum atomic E-state index is 3.89. The average Bonchev–Trinajstić information content (AvgIpc) is 2.31. The maximum absolute atomic E-state index is 3.89. The zero-order valence-electron chi connectivity index (χ0n) is 7.28. The van der Waals surface area contributed by atoms with Gasteiger partial charge in [0.2, 0.25) is 0 Å². The van der Waals surface area contributed by atoms with E-state index in [0.29, 0.717) is 5.92 Å². The molecule has 0 amide bonds.